The van der Waals surface area contributed by atoms with E-state index in [-0.39, 0.29) is 25.0 Å². The van der Waals surface area contributed by atoms with Crippen molar-refractivity contribution in [2.45, 2.75) is 13.5 Å². The molecule has 2 aromatic carbocycles. The number of esters is 1. The number of benzene rings is 2. The van der Waals surface area contributed by atoms with Crippen LogP contribution in [0.1, 0.15) is 21.5 Å². The van der Waals surface area contributed by atoms with Gasteiger partial charge >= 0.3 is 5.97 Å². The molecule has 0 aliphatic rings. The van der Waals surface area contributed by atoms with Gasteiger partial charge < -0.3 is 15.0 Å². The van der Waals surface area contributed by atoms with E-state index < -0.39 is 5.97 Å². The number of amides is 2. The molecule has 0 aromatic heterocycles. The van der Waals surface area contributed by atoms with Gasteiger partial charge in [0.1, 0.15) is 6.54 Å². The van der Waals surface area contributed by atoms with Crippen LogP contribution in [0.25, 0.3) is 0 Å². The second kappa shape index (κ2) is 9.36. The Morgan fingerprint density at radius 3 is 2.31 bits per heavy atom. The molecule has 2 aromatic rings. The van der Waals surface area contributed by atoms with Crippen molar-refractivity contribution in [1.29, 1.82) is 0 Å². The summed E-state index contributed by atoms with van der Waals surface area (Å²) in [6, 6.07) is 16.4. The number of carbonyl (C=O) groups excluding carboxylic acids is 3. The normalized spacial score (nSPS) is 10.1. The smallest absolute Gasteiger partial charge is 0.325 e. The van der Waals surface area contributed by atoms with Crippen LogP contribution >= 0.6 is 0 Å². The van der Waals surface area contributed by atoms with Gasteiger partial charge in [-0.2, -0.15) is 0 Å². The molecule has 2 amide bonds. The minimum atomic E-state index is -0.661. The van der Waals surface area contributed by atoms with Crippen LogP contribution in [0.2, 0.25) is 0 Å². The van der Waals surface area contributed by atoms with Gasteiger partial charge in [0.05, 0.1) is 0 Å². The van der Waals surface area contributed by atoms with E-state index in [2.05, 4.69) is 5.32 Å². The van der Waals surface area contributed by atoms with Crippen molar-refractivity contribution in [3.63, 3.8) is 0 Å². The number of ether oxygens (including phenoxy) is 1. The molecule has 0 heterocycles. The van der Waals surface area contributed by atoms with Gasteiger partial charge in [-0.15, -0.1) is 0 Å². The molecular weight excluding hydrogens is 332 g/mol. The Kier molecular flexibility index (Phi) is 6.91. The second-order valence-corrected chi connectivity index (χ2v) is 5.94. The van der Waals surface area contributed by atoms with E-state index in [1.165, 1.54) is 4.90 Å². The first kappa shape index (κ1) is 19.2. The number of carbonyl (C=O) groups is 3. The van der Waals surface area contributed by atoms with E-state index in [0.29, 0.717) is 12.1 Å². The summed E-state index contributed by atoms with van der Waals surface area (Å²) in [5, 5.41) is 2.46. The summed E-state index contributed by atoms with van der Waals surface area (Å²) in [7, 11) is 1.65. The molecule has 0 spiro atoms. The SMILES string of the molecule is Cc1ccc(CN(C)C(=O)COC(=O)CNC(=O)c2ccccc2)cc1. The van der Waals surface area contributed by atoms with Crippen molar-refractivity contribution in [1.82, 2.24) is 10.2 Å². The van der Waals surface area contributed by atoms with E-state index in [4.69, 9.17) is 4.74 Å². The van der Waals surface area contributed by atoms with Gasteiger partial charge in [-0.1, -0.05) is 48.0 Å². The van der Waals surface area contributed by atoms with Gasteiger partial charge in [-0.25, -0.2) is 0 Å². The summed E-state index contributed by atoms with van der Waals surface area (Å²) in [6.07, 6.45) is 0. The summed E-state index contributed by atoms with van der Waals surface area (Å²) in [5.41, 5.74) is 2.59. The second-order valence-electron chi connectivity index (χ2n) is 5.94. The fourth-order valence-corrected chi connectivity index (χ4v) is 2.20. The molecule has 26 heavy (non-hydrogen) atoms. The molecule has 0 unspecified atom stereocenters. The van der Waals surface area contributed by atoms with Crippen molar-refractivity contribution < 1.29 is 19.1 Å². The predicted molar refractivity (Wildman–Crippen MR) is 97.4 cm³/mol. The largest absolute Gasteiger partial charge is 0.454 e. The lowest BCUT2D eigenvalue weighted by Gasteiger charge is -2.17. The molecule has 0 radical (unpaired) electrons. The summed E-state index contributed by atoms with van der Waals surface area (Å²) >= 11 is 0. The highest BCUT2D eigenvalue weighted by Gasteiger charge is 2.13. The number of nitrogens with zero attached hydrogens (tertiary/aromatic N) is 1. The third kappa shape index (κ3) is 6.05. The van der Waals surface area contributed by atoms with Crippen molar-refractivity contribution in [3.05, 3.63) is 71.3 Å². The average molecular weight is 354 g/mol. The number of aryl methyl sites for hydroxylation is 1. The Labute approximate surface area is 152 Å². The van der Waals surface area contributed by atoms with Gasteiger partial charge in [-0.05, 0) is 24.6 Å². The molecule has 136 valence electrons. The molecule has 0 bridgehead atoms. The Morgan fingerprint density at radius 1 is 1.00 bits per heavy atom. The van der Waals surface area contributed by atoms with E-state index in [1.54, 1.807) is 37.4 Å². The zero-order valence-corrected chi connectivity index (χ0v) is 14.9. The maximum absolute atomic E-state index is 12.0. The lowest BCUT2D eigenvalue weighted by Crippen LogP contribution is -2.34. The number of rotatable bonds is 7. The van der Waals surface area contributed by atoms with E-state index in [0.717, 1.165) is 11.1 Å². The molecule has 0 saturated heterocycles. The molecule has 0 aliphatic carbocycles. The third-order valence-corrected chi connectivity index (χ3v) is 3.75. The van der Waals surface area contributed by atoms with E-state index in [9.17, 15) is 14.4 Å². The average Bonchev–Trinajstić information content (AvgIpc) is 2.66. The molecule has 6 nitrogen and oxygen atoms in total. The van der Waals surface area contributed by atoms with E-state index in [1.807, 2.05) is 31.2 Å². The number of hydrogen-bond acceptors (Lipinski definition) is 4. The highest BCUT2D eigenvalue weighted by atomic mass is 16.5. The quantitative estimate of drug-likeness (QED) is 0.771. The van der Waals surface area contributed by atoms with Gasteiger partial charge in [0.2, 0.25) is 0 Å². The van der Waals surface area contributed by atoms with Crippen LogP contribution in [-0.2, 0) is 20.9 Å². The van der Waals surface area contributed by atoms with Crippen molar-refractivity contribution in [2.24, 2.45) is 0 Å². The molecule has 0 saturated carbocycles. The van der Waals surface area contributed by atoms with Gasteiger partial charge in [0.25, 0.3) is 11.8 Å². The summed E-state index contributed by atoms with van der Waals surface area (Å²) in [4.78, 5) is 37.0. The minimum Gasteiger partial charge on any atom is -0.454 e. The van der Waals surface area contributed by atoms with Crippen LogP contribution in [0.4, 0.5) is 0 Å². The summed E-state index contributed by atoms with van der Waals surface area (Å²) in [6.45, 7) is 1.78. The minimum absolute atomic E-state index is 0.289. The molecule has 1 N–H and O–H groups in total. The van der Waals surface area contributed by atoms with Crippen LogP contribution < -0.4 is 5.32 Å². The number of hydrogen-bond donors (Lipinski definition) is 1. The highest BCUT2D eigenvalue weighted by Crippen LogP contribution is 2.06. The Balaban J connectivity index is 1.71. The lowest BCUT2D eigenvalue weighted by atomic mass is 10.1. The molecule has 2 rings (SSSR count). The van der Waals surface area contributed by atoms with Crippen molar-refractivity contribution in [2.75, 3.05) is 20.2 Å². The van der Waals surface area contributed by atoms with Crippen molar-refractivity contribution >= 4 is 17.8 Å². The number of likely N-dealkylation sites (N-methyl/N-ethyl adjacent to an activating group) is 1. The van der Waals surface area contributed by atoms with Crippen LogP contribution in [-0.4, -0.2) is 42.9 Å². The number of nitrogens with one attached hydrogen (secondary N) is 1. The zero-order chi connectivity index (χ0) is 18.9. The monoisotopic (exact) mass is 354 g/mol. The first-order chi connectivity index (χ1) is 12.5. The topological polar surface area (TPSA) is 75.7 Å². The van der Waals surface area contributed by atoms with Crippen LogP contribution in [0, 0.1) is 6.92 Å². The summed E-state index contributed by atoms with van der Waals surface area (Å²) in [5.74, 6) is -1.34. The maximum Gasteiger partial charge on any atom is 0.325 e. The van der Waals surface area contributed by atoms with Crippen molar-refractivity contribution in [3.8, 4) is 0 Å². The van der Waals surface area contributed by atoms with Crippen LogP contribution in [0.15, 0.2) is 54.6 Å². The highest BCUT2D eigenvalue weighted by molar-refractivity contribution is 5.96. The zero-order valence-electron chi connectivity index (χ0n) is 14.9. The molecule has 0 aliphatic heterocycles. The third-order valence-electron chi connectivity index (χ3n) is 3.75. The van der Waals surface area contributed by atoms with Gasteiger partial charge in [-0.3, -0.25) is 14.4 Å². The molecule has 6 heteroatoms. The maximum atomic E-state index is 12.0. The molecule has 0 atom stereocenters. The Bertz CT molecular complexity index is 757. The summed E-state index contributed by atoms with van der Waals surface area (Å²) < 4.78 is 4.92. The van der Waals surface area contributed by atoms with Crippen LogP contribution in [0.5, 0.6) is 0 Å². The Morgan fingerprint density at radius 2 is 1.65 bits per heavy atom. The first-order valence-corrected chi connectivity index (χ1v) is 8.24. The van der Waals surface area contributed by atoms with Gasteiger partial charge in [0.15, 0.2) is 6.61 Å². The first-order valence-electron chi connectivity index (χ1n) is 8.24. The van der Waals surface area contributed by atoms with E-state index >= 15 is 0 Å². The Hall–Kier alpha value is -3.15. The van der Waals surface area contributed by atoms with Crippen LogP contribution in [0.3, 0.4) is 0 Å². The lowest BCUT2D eigenvalue weighted by molar-refractivity contribution is -0.150. The fraction of sp³-hybridized carbons (Fsp3) is 0.250. The standard InChI is InChI=1S/C20H22N2O4/c1-15-8-10-16(11-9-15)13-22(2)18(23)14-26-19(24)12-21-20(25)17-6-4-3-5-7-17/h3-11H,12-14H2,1-2H3,(H,21,25). The predicted octanol–water partition coefficient (Wildman–Crippen LogP) is 1.93. The van der Waals surface area contributed by atoms with Gasteiger partial charge in [0, 0.05) is 19.2 Å². The molecule has 0 fully saturated rings. The molecular formula is C20H22N2O4. The fourth-order valence-electron chi connectivity index (χ4n) is 2.20.